The topological polar surface area (TPSA) is 111 Å². The minimum atomic E-state index is -0.563. The zero-order valence-corrected chi connectivity index (χ0v) is 20.3. The molecule has 0 radical (unpaired) electrons. The van der Waals surface area contributed by atoms with Crippen molar-refractivity contribution in [2.24, 2.45) is 0 Å². The molecule has 4 aromatic rings. The fraction of sp³-hybridized carbons (Fsp3) is 0.208. The first-order valence-corrected chi connectivity index (χ1v) is 12.1. The first-order chi connectivity index (χ1) is 16.4. The molecule has 4 rings (SSSR count). The Bertz CT molecular complexity index is 1340. The highest BCUT2D eigenvalue weighted by molar-refractivity contribution is 7.16. The van der Waals surface area contributed by atoms with Crippen LogP contribution in [0.1, 0.15) is 44.6 Å². The molecule has 2 N–H and O–H groups in total. The molecule has 0 fully saturated rings. The minimum Gasteiger partial charge on any atom is -0.503 e. The number of ketones is 1. The number of aromatic hydroxyl groups is 2. The van der Waals surface area contributed by atoms with Crippen LogP contribution in [0.4, 0.5) is 0 Å². The number of aromatic nitrogens is 2. The Morgan fingerprint density at radius 3 is 2.50 bits per heavy atom. The first kappa shape index (κ1) is 23.5. The minimum absolute atomic E-state index is 0.0605. The molecular formula is C24H22N2O6S2. The molecule has 0 aliphatic carbocycles. The third-order valence-electron chi connectivity index (χ3n) is 5.04. The Morgan fingerprint density at radius 1 is 1.15 bits per heavy atom. The van der Waals surface area contributed by atoms with Gasteiger partial charge in [-0.05, 0) is 49.1 Å². The third-order valence-corrected chi connectivity index (χ3v) is 7.04. The fourth-order valence-electron chi connectivity index (χ4n) is 3.42. The number of carbonyl (C=O) groups excluding carboxylic acids is 2. The van der Waals surface area contributed by atoms with Gasteiger partial charge in [-0.1, -0.05) is 24.3 Å². The zero-order valence-electron chi connectivity index (χ0n) is 18.7. The van der Waals surface area contributed by atoms with Crippen LogP contribution in [0.2, 0.25) is 0 Å². The summed E-state index contributed by atoms with van der Waals surface area (Å²) in [6, 6.07) is 10.2. The van der Waals surface area contributed by atoms with Crippen LogP contribution in [0.15, 0.2) is 41.8 Å². The van der Waals surface area contributed by atoms with E-state index >= 15 is 0 Å². The summed E-state index contributed by atoms with van der Waals surface area (Å²) in [5, 5.41) is 23.8. The van der Waals surface area contributed by atoms with Crippen LogP contribution in [-0.2, 0) is 4.74 Å². The second-order valence-electron chi connectivity index (χ2n) is 7.31. The number of benzene rings is 1. The lowest BCUT2D eigenvalue weighted by atomic mass is 10.0. The number of hydrogen-bond donors (Lipinski definition) is 2. The number of hydrogen-bond acceptors (Lipinski definition) is 9. The average molecular weight is 499 g/mol. The van der Waals surface area contributed by atoms with Crippen molar-refractivity contribution in [2.75, 3.05) is 13.7 Å². The molecule has 0 saturated carbocycles. The van der Waals surface area contributed by atoms with Gasteiger partial charge < -0.3 is 19.7 Å². The Hall–Kier alpha value is -3.63. The number of carbonyl (C=O) groups is 2. The van der Waals surface area contributed by atoms with Crippen molar-refractivity contribution in [3.63, 3.8) is 0 Å². The van der Waals surface area contributed by atoms with Crippen molar-refractivity contribution in [3.05, 3.63) is 63.5 Å². The molecule has 0 aliphatic heterocycles. The predicted octanol–water partition coefficient (Wildman–Crippen LogP) is 5.19. The van der Waals surface area contributed by atoms with Gasteiger partial charge in [0.25, 0.3) is 0 Å². The molecule has 0 unspecified atom stereocenters. The van der Waals surface area contributed by atoms with E-state index < -0.39 is 23.4 Å². The van der Waals surface area contributed by atoms with Crippen molar-refractivity contribution < 1.29 is 29.3 Å². The van der Waals surface area contributed by atoms with Crippen LogP contribution in [0.5, 0.6) is 17.4 Å². The summed E-state index contributed by atoms with van der Waals surface area (Å²) in [5.41, 5.74) is 0.952. The van der Waals surface area contributed by atoms with Crippen molar-refractivity contribution in [3.8, 4) is 33.1 Å². The Morgan fingerprint density at radius 2 is 1.88 bits per heavy atom. The number of rotatable bonds is 8. The molecular weight excluding hydrogens is 476 g/mol. The summed E-state index contributed by atoms with van der Waals surface area (Å²) in [6.07, 6.45) is 0.861. The first-order valence-electron chi connectivity index (χ1n) is 10.4. The van der Waals surface area contributed by atoms with Crippen molar-refractivity contribution in [1.82, 2.24) is 9.55 Å². The van der Waals surface area contributed by atoms with E-state index in [1.807, 2.05) is 12.3 Å². The Labute approximate surface area is 203 Å². The lowest BCUT2D eigenvalue weighted by Crippen LogP contribution is -2.04. The van der Waals surface area contributed by atoms with Crippen LogP contribution in [0, 0.1) is 6.92 Å². The number of nitrogens with zero attached hydrogens (tertiary/aromatic N) is 2. The highest BCUT2D eigenvalue weighted by Crippen LogP contribution is 2.46. The zero-order chi connectivity index (χ0) is 24.4. The number of aryl methyl sites for hydroxylation is 1. The van der Waals surface area contributed by atoms with Crippen LogP contribution in [-0.4, -0.2) is 45.2 Å². The number of thiazole rings is 1. The van der Waals surface area contributed by atoms with Crippen molar-refractivity contribution >= 4 is 34.4 Å². The molecule has 0 saturated heterocycles. The molecule has 176 valence electrons. The van der Waals surface area contributed by atoms with E-state index in [4.69, 9.17) is 9.47 Å². The summed E-state index contributed by atoms with van der Waals surface area (Å²) in [7, 11) is 1.27. The summed E-state index contributed by atoms with van der Waals surface area (Å²) < 4.78 is 11.7. The van der Waals surface area contributed by atoms with E-state index in [1.165, 1.54) is 23.0 Å². The number of ether oxygens (including phenoxy) is 2. The molecule has 0 bridgehead atoms. The maximum Gasteiger partial charge on any atom is 0.350 e. The molecule has 0 aliphatic rings. The molecule has 0 amide bonds. The molecule has 0 spiro atoms. The second-order valence-corrected chi connectivity index (χ2v) is 9.24. The molecule has 1 aromatic carbocycles. The van der Waals surface area contributed by atoms with E-state index in [0.29, 0.717) is 28.5 Å². The highest BCUT2D eigenvalue weighted by atomic mass is 32.1. The molecule has 3 aromatic heterocycles. The second kappa shape index (κ2) is 9.70. The van der Waals surface area contributed by atoms with Gasteiger partial charge in [0, 0.05) is 5.56 Å². The van der Waals surface area contributed by atoms with E-state index in [9.17, 15) is 19.8 Å². The van der Waals surface area contributed by atoms with E-state index in [2.05, 4.69) is 4.98 Å². The van der Waals surface area contributed by atoms with Gasteiger partial charge in [0.05, 0.1) is 35.5 Å². The predicted molar refractivity (Wildman–Crippen MR) is 130 cm³/mol. The largest absolute Gasteiger partial charge is 0.503 e. The molecule has 3 heterocycles. The molecule has 10 heteroatoms. The van der Waals surface area contributed by atoms with Gasteiger partial charge in [0.1, 0.15) is 10.6 Å². The number of thiophene rings is 1. The van der Waals surface area contributed by atoms with Gasteiger partial charge >= 0.3 is 5.97 Å². The van der Waals surface area contributed by atoms with Crippen LogP contribution in [0.3, 0.4) is 0 Å². The summed E-state index contributed by atoms with van der Waals surface area (Å²) in [6.45, 7) is 4.21. The van der Waals surface area contributed by atoms with Gasteiger partial charge in [0.2, 0.25) is 5.88 Å². The van der Waals surface area contributed by atoms with Crippen LogP contribution >= 0.6 is 22.7 Å². The third kappa shape index (κ3) is 4.17. The quantitative estimate of drug-likeness (QED) is 0.254. The maximum absolute atomic E-state index is 13.5. The van der Waals surface area contributed by atoms with E-state index in [1.54, 1.807) is 43.3 Å². The fourth-order valence-corrected chi connectivity index (χ4v) is 5.18. The van der Waals surface area contributed by atoms with Gasteiger partial charge in [-0.15, -0.1) is 11.3 Å². The van der Waals surface area contributed by atoms with Crippen molar-refractivity contribution in [2.45, 2.75) is 20.3 Å². The van der Waals surface area contributed by atoms with E-state index in [-0.39, 0.29) is 21.3 Å². The summed E-state index contributed by atoms with van der Waals surface area (Å²) in [4.78, 5) is 30.9. The van der Waals surface area contributed by atoms with E-state index in [0.717, 1.165) is 17.8 Å². The summed E-state index contributed by atoms with van der Waals surface area (Å²) >= 11 is 2.33. The van der Waals surface area contributed by atoms with Crippen LogP contribution < -0.4 is 4.74 Å². The lowest BCUT2D eigenvalue weighted by Gasteiger charge is -2.08. The smallest absolute Gasteiger partial charge is 0.350 e. The SMILES string of the molecule is CCCOc1ccc(C(=O)c2c(O)c(O)n(-c3nc(C)c(C(=O)OC)s3)c2-c2cccs2)cc1. The monoisotopic (exact) mass is 498 g/mol. The van der Waals surface area contributed by atoms with Gasteiger partial charge in [-0.2, -0.15) is 0 Å². The summed E-state index contributed by atoms with van der Waals surface area (Å²) in [5.74, 6) is -1.50. The molecule has 0 atom stereocenters. The van der Waals surface area contributed by atoms with Crippen molar-refractivity contribution in [1.29, 1.82) is 0 Å². The Balaban J connectivity index is 1.87. The lowest BCUT2D eigenvalue weighted by molar-refractivity contribution is 0.0605. The van der Waals surface area contributed by atoms with Gasteiger partial charge in [-0.25, -0.2) is 9.78 Å². The number of esters is 1. The van der Waals surface area contributed by atoms with Gasteiger partial charge in [0.15, 0.2) is 16.7 Å². The standard InChI is InChI=1S/C24H22N2O6S2/c1-4-11-32-15-9-7-14(8-10-15)19(27)17-18(16-6-5-12-33-16)26(22(29)20(17)28)24-25-13(2)21(34-24)23(30)31-3/h5-10,12,28-29H,4,11H2,1-3H3. The molecule has 34 heavy (non-hydrogen) atoms. The average Bonchev–Trinajstić information content (AvgIpc) is 3.56. The van der Waals surface area contributed by atoms with Crippen LogP contribution in [0.25, 0.3) is 15.7 Å². The normalized spacial score (nSPS) is 10.9. The van der Waals surface area contributed by atoms with Gasteiger partial charge in [-0.3, -0.25) is 9.36 Å². The highest BCUT2D eigenvalue weighted by Gasteiger charge is 2.32. The Kier molecular flexibility index (Phi) is 6.71. The number of methoxy groups -OCH3 is 1. The molecule has 8 nitrogen and oxygen atoms in total. The maximum atomic E-state index is 13.5.